The van der Waals surface area contributed by atoms with E-state index in [0.717, 1.165) is 10.4 Å². The van der Waals surface area contributed by atoms with E-state index in [0.29, 0.717) is 29.2 Å². The molecule has 1 aromatic heterocycles. The number of allylic oxidation sites excluding steroid dienone is 1. The molecule has 0 spiro atoms. The van der Waals surface area contributed by atoms with Gasteiger partial charge in [0.2, 0.25) is 0 Å². The van der Waals surface area contributed by atoms with Gasteiger partial charge in [0, 0.05) is 33.2 Å². The lowest BCUT2D eigenvalue weighted by Crippen LogP contribution is -2.34. The van der Waals surface area contributed by atoms with Crippen LogP contribution in [0.4, 0.5) is 0 Å². The zero-order valence-electron chi connectivity index (χ0n) is 14.0. The lowest BCUT2D eigenvalue weighted by atomic mass is 9.78. The van der Waals surface area contributed by atoms with Crippen molar-refractivity contribution in [2.45, 2.75) is 19.8 Å². The number of carbonyl (C=O) groups is 2. The second-order valence-corrected chi connectivity index (χ2v) is 7.09. The number of nitrogens with zero attached hydrogens (tertiary/aromatic N) is 1. The van der Waals surface area contributed by atoms with Crippen LogP contribution in [0.5, 0.6) is 0 Å². The predicted molar refractivity (Wildman–Crippen MR) is 98.0 cm³/mol. The van der Waals surface area contributed by atoms with E-state index in [9.17, 15) is 9.59 Å². The lowest BCUT2D eigenvalue weighted by Gasteiger charge is -2.29. The maximum absolute atomic E-state index is 13.1. The number of Topliss-reactive ketones (excluding diaryl/α,β-unsaturated/α-hetero) is 1. The molecule has 0 radical (unpaired) electrons. The van der Waals surface area contributed by atoms with Gasteiger partial charge < -0.3 is 4.74 Å². The Hall–Kier alpha value is -2.53. The van der Waals surface area contributed by atoms with Gasteiger partial charge in [-0.25, -0.2) is 0 Å². The molecule has 4 nitrogen and oxygen atoms in total. The number of hydrogen-bond acceptors (Lipinski definition) is 5. The largest absolute Gasteiger partial charge is 0.465 e. The van der Waals surface area contributed by atoms with Crippen LogP contribution in [0, 0.1) is 5.92 Å². The first kappa shape index (κ1) is 16.0. The Labute approximate surface area is 149 Å². The highest BCUT2D eigenvalue weighted by atomic mass is 32.1. The summed E-state index contributed by atoms with van der Waals surface area (Å²) in [6.45, 7) is 3.94. The third-order valence-corrected chi connectivity index (χ3v) is 5.65. The van der Waals surface area contributed by atoms with Crippen LogP contribution in [0.15, 0.2) is 52.3 Å². The molecule has 1 aliphatic carbocycles. The fourth-order valence-corrected chi connectivity index (χ4v) is 4.53. The number of fused-ring (bicyclic) bond motifs is 2. The van der Waals surface area contributed by atoms with Gasteiger partial charge in [-0.1, -0.05) is 30.3 Å². The van der Waals surface area contributed by atoms with Gasteiger partial charge in [0.15, 0.2) is 5.78 Å². The van der Waals surface area contributed by atoms with Crippen LogP contribution in [-0.4, -0.2) is 24.1 Å². The second kappa shape index (κ2) is 6.08. The zero-order chi connectivity index (χ0) is 17.6. The first-order chi connectivity index (χ1) is 12.1. The lowest BCUT2D eigenvalue weighted by molar-refractivity contribution is -0.145. The van der Waals surface area contributed by atoms with Gasteiger partial charge in [0.25, 0.3) is 0 Å². The summed E-state index contributed by atoms with van der Waals surface area (Å²) in [6.07, 6.45) is 0. The van der Waals surface area contributed by atoms with E-state index in [1.165, 1.54) is 0 Å². The molecule has 5 heteroatoms. The summed E-state index contributed by atoms with van der Waals surface area (Å²) in [6, 6.07) is 11.4. The topological polar surface area (TPSA) is 55.7 Å². The van der Waals surface area contributed by atoms with E-state index in [1.54, 1.807) is 18.3 Å². The monoisotopic (exact) mass is 351 g/mol. The van der Waals surface area contributed by atoms with Gasteiger partial charge in [-0.15, -0.1) is 11.3 Å². The van der Waals surface area contributed by atoms with Gasteiger partial charge in [-0.05, 0) is 25.3 Å². The molecule has 1 aromatic carbocycles. The first-order valence-corrected chi connectivity index (χ1v) is 9.15. The van der Waals surface area contributed by atoms with Gasteiger partial charge in [-0.2, -0.15) is 0 Å². The Morgan fingerprint density at radius 2 is 1.96 bits per heavy atom. The minimum atomic E-state index is -0.560. The highest BCUT2D eigenvalue weighted by Crippen LogP contribution is 2.48. The van der Waals surface area contributed by atoms with Crippen molar-refractivity contribution in [1.29, 1.82) is 0 Å². The van der Waals surface area contributed by atoms with E-state index < -0.39 is 5.92 Å². The Bertz CT molecular complexity index is 924. The fourth-order valence-electron chi connectivity index (χ4n) is 3.66. The Kier molecular flexibility index (Phi) is 3.88. The number of rotatable bonds is 3. The molecule has 2 aliphatic rings. The number of esters is 1. The predicted octanol–water partition coefficient (Wildman–Crippen LogP) is 4.09. The molecule has 2 aromatic rings. The highest BCUT2D eigenvalue weighted by molar-refractivity contribution is 7.10. The van der Waals surface area contributed by atoms with Crippen molar-refractivity contribution in [1.82, 2.24) is 0 Å². The number of benzene rings is 1. The van der Waals surface area contributed by atoms with E-state index in [-0.39, 0.29) is 17.7 Å². The standard InChI is InChI=1S/C20H17NO3S/c1-3-24-20(23)15-11(2)21-18-12-7-4-5-8-13(12)19(22)17(18)16(15)14-9-6-10-25-14/h4-10,15-16H,3H2,1-2H3/t15?,16-/m1/s1. The van der Waals surface area contributed by atoms with Crippen molar-refractivity contribution in [3.05, 3.63) is 63.4 Å². The minimum absolute atomic E-state index is 0.0328. The number of ether oxygens (including phenoxy) is 1. The molecule has 1 unspecified atom stereocenters. The van der Waals surface area contributed by atoms with Gasteiger partial charge in [0.05, 0.1) is 12.3 Å². The molecule has 1 aliphatic heterocycles. The van der Waals surface area contributed by atoms with Crippen LogP contribution in [0.2, 0.25) is 0 Å². The normalized spacial score (nSPS) is 21.7. The van der Waals surface area contributed by atoms with Crippen LogP contribution in [0.25, 0.3) is 5.70 Å². The van der Waals surface area contributed by atoms with Crippen molar-refractivity contribution in [2.75, 3.05) is 6.61 Å². The third-order valence-electron chi connectivity index (χ3n) is 4.70. The number of aliphatic imine (C=N–C) groups is 1. The van der Waals surface area contributed by atoms with Crippen molar-refractivity contribution in [2.24, 2.45) is 10.9 Å². The second-order valence-electron chi connectivity index (χ2n) is 6.11. The molecule has 0 saturated heterocycles. The van der Waals surface area contributed by atoms with Crippen molar-refractivity contribution in [3.8, 4) is 0 Å². The molecular weight excluding hydrogens is 334 g/mol. The van der Waals surface area contributed by atoms with Crippen LogP contribution < -0.4 is 0 Å². The summed E-state index contributed by atoms with van der Waals surface area (Å²) >= 11 is 1.55. The summed E-state index contributed by atoms with van der Waals surface area (Å²) in [5.74, 6) is -1.26. The SMILES string of the molecule is CCOC(=O)C1C(C)=NC2=C(C(=O)c3ccccc32)[C@@H]1c1cccs1. The molecule has 0 N–H and O–H groups in total. The fraction of sp³-hybridized carbons (Fsp3) is 0.250. The van der Waals surface area contributed by atoms with Crippen molar-refractivity contribution < 1.29 is 14.3 Å². The van der Waals surface area contributed by atoms with Crippen LogP contribution >= 0.6 is 11.3 Å². The van der Waals surface area contributed by atoms with Gasteiger partial charge >= 0.3 is 5.97 Å². The Morgan fingerprint density at radius 1 is 1.20 bits per heavy atom. The average Bonchev–Trinajstić information content (AvgIpc) is 3.22. The summed E-state index contributed by atoms with van der Waals surface area (Å²) < 4.78 is 5.29. The highest BCUT2D eigenvalue weighted by Gasteiger charge is 2.46. The molecule has 25 heavy (non-hydrogen) atoms. The molecule has 4 rings (SSSR count). The number of carbonyl (C=O) groups excluding carboxylic acids is 2. The smallest absolute Gasteiger partial charge is 0.315 e. The molecular formula is C20H17NO3S. The zero-order valence-corrected chi connectivity index (χ0v) is 14.8. The summed E-state index contributed by atoms with van der Waals surface area (Å²) in [5, 5.41) is 1.96. The van der Waals surface area contributed by atoms with Gasteiger partial charge in [0.1, 0.15) is 5.92 Å². The van der Waals surface area contributed by atoms with Crippen molar-refractivity contribution >= 4 is 34.5 Å². The van der Waals surface area contributed by atoms with Crippen molar-refractivity contribution in [3.63, 3.8) is 0 Å². The molecule has 2 atom stereocenters. The molecule has 0 saturated carbocycles. The van der Waals surface area contributed by atoms with E-state index in [1.807, 2.05) is 48.7 Å². The average molecular weight is 351 g/mol. The summed E-state index contributed by atoms with van der Waals surface area (Å²) in [7, 11) is 0. The van der Waals surface area contributed by atoms with E-state index in [2.05, 4.69) is 4.99 Å². The molecule has 0 fully saturated rings. The van der Waals surface area contributed by atoms with E-state index >= 15 is 0 Å². The maximum atomic E-state index is 13.1. The van der Waals surface area contributed by atoms with Crippen LogP contribution in [0.1, 0.15) is 40.6 Å². The Morgan fingerprint density at radius 3 is 2.64 bits per heavy atom. The maximum Gasteiger partial charge on any atom is 0.315 e. The molecule has 2 heterocycles. The van der Waals surface area contributed by atoms with Crippen LogP contribution in [0.3, 0.4) is 0 Å². The molecule has 126 valence electrons. The quantitative estimate of drug-likeness (QED) is 0.783. The van der Waals surface area contributed by atoms with Crippen LogP contribution in [-0.2, 0) is 9.53 Å². The number of thiophene rings is 1. The molecule has 0 amide bonds. The number of hydrogen-bond donors (Lipinski definition) is 0. The Balaban J connectivity index is 1.91. The number of ketones is 1. The van der Waals surface area contributed by atoms with E-state index in [4.69, 9.17) is 4.74 Å². The summed E-state index contributed by atoms with van der Waals surface area (Å²) in [5.41, 5.74) is 3.53. The summed E-state index contributed by atoms with van der Waals surface area (Å²) in [4.78, 5) is 31.4. The minimum Gasteiger partial charge on any atom is -0.465 e. The first-order valence-electron chi connectivity index (χ1n) is 8.27. The van der Waals surface area contributed by atoms with Gasteiger partial charge in [-0.3, -0.25) is 14.6 Å². The molecule has 0 bridgehead atoms. The third kappa shape index (κ3) is 2.38.